The molecule has 2 aromatic carbocycles. The first-order valence-corrected chi connectivity index (χ1v) is 6.85. The van der Waals surface area contributed by atoms with Crippen LogP contribution < -0.4 is 21.5 Å². The normalized spacial score (nSPS) is 12.9. The van der Waals surface area contributed by atoms with Crippen molar-refractivity contribution in [3.05, 3.63) is 45.8 Å². The Bertz CT molecular complexity index is 891. The van der Waals surface area contributed by atoms with Gasteiger partial charge in [-0.3, -0.25) is 4.79 Å². The number of rotatable bonds is 3. The highest BCUT2D eigenvalue weighted by Gasteiger charge is 2.10. The van der Waals surface area contributed by atoms with Crippen LogP contribution in [0.1, 0.15) is 17.5 Å². The largest absolute Gasteiger partial charge is 0.330 e. The molecule has 1 heterocycles. The fourth-order valence-electron chi connectivity index (χ4n) is 2.68. The Morgan fingerprint density at radius 2 is 2.10 bits per heavy atom. The maximum atomic E-state index is 11.5. The van der Waals surface area contributed by atoms with Crippen molar-refractivity contribution >= 4 is 29.0 Å². The zero-order valence-electron chi connectivity index (χ0n) is 11.5. The molecule has 0 atom stereocenters. The van der Waals surface area contributed by atoms with Gasteiger partial charge in [0.05, 0.1) is 11.6 Å². The van der Waals surface area contributed by atoms with E-state index in [1.165, 1.54) is 0 Å². The molecular weight excluding hydrogens is 262 g/mol. The van der Waals surface area contributed by atoms with Gasteiger partial charge in [-0.25, -0.2) is 5.32 Å². The second kappa shape index (κ2) is 5.39. The summed E-state index contributed by atoms with van der Waals surface area (Å²) < 4.78 is 0. The number of carbonyl (C=O) groups is 1. The van der Waals surface area contributed by atoms with Gasteiger partial charge < -0.3 is 5.73 Å². The van der Waals surface area contributed by atoms with Gasteiger partial charge in [0, 0.05) is 17.5 Å². The number of nitriles is 1. The van der Waals surface area contributed by atoms with Gasteiger partial charge in [-0.05, 0) is 53.1 Å². The van der Waals surface area contributed by atoms with Crippen molar-refractivity contribution in [1.29, 1.82) is 5.26 Å². The second-order valence-electron chi connectivity index (χ2n) is 5.04. The number of aryl methyl sites for hydroxylation is 1. The van der Waals surface area contributed by atoms with Crippen molar-refractivity contribution in [2.45, 2.75) is 12.8 Å². The molecule has 3 rings (SSSR count). The number of nitrogens with zero attached hydrogens (tertiary/aromatic N) is 2. The minimum absolute atomic E-state index is 0.247. The molecule has 0 saturated heterocycles. The maximum absolute atomic E-state index is 11.5. The van der Waals surface area contributed by atoms with Crippen molar-refractivity contribution in [3.8, 4) is 6.07 Å². The molecule has 103 valence electrons. The molecule has 1 amide bonds. The molecule has 1 radical (unpaired) electrons. The molecule has 2 aromatic rings. The predicted molar refractivity (Wildman–Crippen MR) is 81.4 cm³/mol. The topological polar surface area (TPSA) is 81.0 Å². The molecule has 21 heavy (non-hydrogen) atoms. The van der Waals surface area contributed by atoms with Crippen molar-refractivity contribution in [1.82, 2.24) is 5.32 Å². The van der Waals surface area contributed by atoms with Crippen LogP contribution in [-0.4, -0.2) is 12.5 Å². The van der Waals surface area contributed by atoms with E-state index >= 15 is 0 Å². The lowest BCUT2D eigenvalue weighted by Crippen LogP contribution is -2.34. The van der Waals surface area contributed by atoms with Crippen LogP contribution in [-0.2, 0) is 11.2 Å². The summed E-state index contributed by atoms with van der Waals surface area (Å²) in [7, 11) is 0. The Morgan fingerprint density at radius 1 is 1.24 bits per heavy atom. The van der Waals surface area contributed by atoms with Crippen molar-refractivity contribution < 1.29 is 4.79 Å². The fraction of sp³-hybridized carbons (Fsp3) is 0.176. The summed E-state index contributed by atoms with van der Waals surface area (Å²) in [6.45, 7) is 0.624. The number of carbonyl (C=O) groups excluding carboxylic acids is 1. The van der Waals surface area contributed by atoms with E-state index in [2.05, 4.69) is 11.4 Å². The first-order chi connectivity index (χ1) is 10.2. The third kappa shape index (κ3) is 2.39. The van der Waals surface area contributed by atoms with E-state index in [-0.39, 0.29) is 5.91 Å². The molecule has 4 nitrogen and oxygen atoms in total. The van der Waals surface area contributed by atoms with Gasteiger partial charge in [-0.1, -0.05) is 12.1 Å². The zero-order chi connectivity index (χ0) is 14.8. The first kappa shape index (κ1) is 13.3. The number of amides is 1. The first-order valence-electron chi connectivity index (χ1n) is 6.85. The molecule has 0 spiro atoms. The number of hydrogen-bond donors (Lipinski definition) is 1. The lowest BCUT2D eigenvalue weighted by molar-refractivity contribution is -0.114. The summed E-state index contributed by atoms with van der Waals surface area (Å²) in [5, 5.41) is 16.8. The second-order valence-corrected chi connectivity index (χ2v) is 5.04. The van der Waals surface area contributed by atoms with Crippen LogP contribution >= 0.6 is 0 Å². The highest BCUT2D eigenvalue weighted by atomic mass is 16.1. The fourth-order valence-corrected chi connectivity index (χ4v) is 2.68. The molecule has 0 saturated carbocycles. The van der Waals surface area contributed by atoms with Gasteiger partial charge in [-0.15, -0.1) is 0 Å². The lowest BCUT2D eigenvalue weighted by Gasteiger charge is -2.10. The van der Waals surface area contributed by atoms with Gasteiger partial charge in [-0.2, -0.15) is 5.26 Å². The van der Waals surface area contributed by atoms with E-state index in [9.17, 15) is 4.79 Å². The molecule has 1 aliphatic heterocycles. The van der Waals surface area contributed by atoms with E-state index < -0.39 is 0 Å². The summed E-state index contributed by atoms with van der Waals surface area (Å²) in [5.41, 5.74) is 7.35. The quantitative estimate of drug-likeness (QED) is 0.873. The van der Waals surface area contributed by atoms with Crippen LogP contribution in [0.2, 0.25) is 0 Å². The van der Waals surface area contributed by atoms with E-state index in [0.29, 0.717) is 12.1 Å². The van der Waals surface area contributed by atoms with Crippen LogP contribution in [0.25, 0.3) is 23.0 Å². The highest BCUT2D eigenvalue weighted by Crippen LogP contribution is 2.17. The highest BCUT2D eigenvalue weighted by molar-refractivity contribution is 6.07. The summed E-state index contributed by atoms with van der Waals surface area (Å²) in [4.78, 5) is 11.5. The predicted octanol–water partition coefficient (Wildman–Crippen LogP) is 0.266. The average Bonchev–Trinajstić information content (AvgIpc) is 2.51. The van der Waals surface area contributed by atoms with Crippen molar-refractivity contribution in [2.24, 2.45) is 5.73 Å². The Hall–Kier alpha value is -2.64. The van der Waals surface area contributed by atoms with Crippen molar-refractivity contribution in [3.63, 3.8) is 0 Å². The number of benzene rings is 2. The molecule has 0 bridgehead atoms. The minimum atomic E-state index is -0.247. The maximum Gasteiger partial charge on any atom is 0.270 e. The van der Waals surface area contributed by atoms with Gasteiger partial charge in [0.2, 0.25) is 0 Å². The third-order valence-electron chi connectivity index (χ3n) is 3.68. The van der Waals surface area contributed by atoms with E-state index in [0.717, 1.165) is 39.6 Å². The standard InChI is InChI=1S/C17H14N3O/c18-5-1-2-12-7-13-8-17(21)20-10-16(13)15-6-11(9-19)3-4-14(12)15/h3-4,6-8,10H,1-2,5,18H2. The number of nitrogens with two attached hydrogens (primary N) is 1. The monoisotopic (exact) mass is 276 g/mol. The van der Waals surface area contributed by atoms with E-state index in [1.807, 2.05) is 24.3 Å². The molecule has 1 aliphatic rings. The Labute approximate surface area is 122 Å². The zero-order valence-corrected chi connectivity index (χ0v) is 11.5. The van der Waals surface area contributed by atoms with Gasteiger partial charge in [0.1, 0.15) is 0 Å². The Kier molecular flexibility index (Phi) is 3.43. The molecule has 0 aliphatic carbocycles. The Balaban J connectivity index is 2.37. The van der Waals surface area contributed by atoms with Gasteiger partial charge >= 0.3 is 0 Å². The Morgan fingerprint density at radius 3 is 2.86 bits per heavy atom. The van der Waals surface area contributed by atoms with Crippen LogP contribution in [0.3, 0.4) is 0 Å². The van der Waals surface area contributed by atoms with Crippen LogP contribution in [0.15, 0.2) is 24.3 Å². The van der Waals surface area contributed by atoms with Crippen molar-refractivity contribution in [2.75, 3.05) is 6.54 Å². The molecular formula is C17H14N3O. The third-order valence-corrected chi connectivity index (χ3v) is 3.68. The average molecular weight is 276 g/mol. The van der Waals surface area contributed by atoms with Crippen LogP contribution in [0, 0.1) is 11.3 Å². The molecule has 2 N–H and O–H groups in total. The lowest BCUT2D eigenvalue weighted by atomic mass is 9.95. The number of hydrogen-bond acceptors (Lipinski definition) is 3. The van der Waals surface area contributed by atoms with E-state index in [1.54, 1.807) is 12.3 Å². The molecule has 0 unspecified atom stereocenters. The number of fused-ring (bicyclic) bond motifs is 3. The summed E-state index contributed by atoms with van der Waals surface area (Å²) in [6.07, 6.45) is 4.87. The van der Waals surface area contributed by atoms with Crippen LogP contribution in [0.4, 0.5) is 0 Å². The SMILES string of the molecule is N#Cc1ccc2c(CCCN)cc3c(c2c1)=C[N]C(=O)C=3. The van der Waals surface area contributed by atoms with Crippen LogP contribution in [0.5, 0.6) is 0 Å². The minimum Gasteiger partial charge on any atom is -0.330 e. The smallest absolute Gasteiger partial charge is 0.270 e. The summed E-state index contributed by atoms with van der Waals surface area (Å²) >= 11 is 0. The summed E-state index contributed by atoms with van der Waals surface area (Å²) in [6, 6.07) is 9.82. The van der Waals surface area contributed by atoms with Gasteiger partial charge in [0.15, 0.2) is 0 Å². The molecule has 0 aromatic heterocycles. The molecule has 0 fully saturated rings. The summed E-state index contributed by atoms with van der Waals surface area (Å²) in [5.74, 6) is -0.247. The molecule has 4 heteroatoms. The van der Waals surface area contributed by atoms with E-state index in [4.69, 9.17) is 11.0 Å². The van der Waals surface area contributed by atoms with Gasteiger partial charge in [0.25, 0.3) is 5.91 Å².